The molecular weight excluding hydrogens is 326 g/mol. The van der Waals surface area contributed by atoms with Crippen molar-refractivity contribution in [2.45, 2.75) is 82.7 Å². The number of nitrogens with zero attached hydrogens (tertiary/aromatic N) is 4. The summed E-state index contributed by atoms with van der Waals surface area (Å²) in [5.41, 5.74) is 0.471. The van der Waals surface area contributed by atoms with Crippen molar-refractivity contribution in [2.24, 2.45) is 5.92 Å². The van der Waals surface area contributed by atoms with Crippen LogP contribution in [0.15, 0.2) is 6.20 Å². The molecule has 3 fully saturated rings. The SMILES string of the molecule is O=C(NCC[C@@H]1CCCN2CCCC[C@H]12)c1cn(C2CCCCC2)nn1. The van der Waals surface area contributed by atoms with Crippen LogP contribution in [0.25, 0.3) is 0 Å². The fraction of sp³-hybridized carbons (Fsp3) is 0.850. The van der Waals surface area contributed by atoms with E-state index in [4.69, 9.17) is 0 Å². The van der Waals surface area contributed by atoms with Gasteiger partial charge in [-0.15, -0.1) is 5.10 Å². The normalized spacial score (nSPS) is 27.8. The van der Waals surface area contributed by atoms with Crippen LogP contribution in [-0.2, 0) is 0 Å². The van der Waals surface area contributed by atoms with E-state index in [0.717, 1.165) is 37.8 Å². The van der Waals surface area contributed by atoms with Crippen molar-refractivity contribution < 1.29 is 4.79 Å². The Kier molecular flexibility index (Phi) is 5.88. The van der Waals surface area contributed by atoms with Gasteiger partial charge in [-0.3, -0.25) is 4.79 Å². The van der Waals surface area contributed by atoms with Gasteiger partial charge in [-0.1, -0.05) is 30.9 Å². The van der Waals surface area contributed by atoms with Gasteiger partial charge in [0.05, 0.1) is 12.2 Å². The zero-order valence-electron chi connectivity index (χ0n) is 15.9. The van der Waals surface area contributed by atoms with E-state index in [9.17, 15) is 4.79 Å². The molecule has 1 saturated carbocycles. The number of aromatic nitrogens is 3. The summed E-state index contributed by atoms with van der Waals surface area (Å²) in [6, 6.07) is 1.18. The number of hydrogen-bond donors (Lipinski definition) is 1. The molecule has 26 heavy (non-hydrogen) atoms. The van der Waals surface area contributed by atoms with Crippen LogP contribution in [0.4, 0.5) is 0 Å². The molecule has 1 amide bonds. The summed E-state index contributed by atoms with van der Waals surface area (Å²) in [4.78, 5) is 15.1. The number of fused-ring (bicyclic) bond motifs is 1. The molecule has 0 aromatic carbocycles. The van der Waals surface area contributed by atoms with Crippen LogP contribution >= 0.6 is 0 Å². The van der Waals surface area contributed by atoms with Crippen molar-refractivity contribution in [3.05, 3.63) is 11.9 Å². The number of carbonyl (C=O) groups excluding carboxylic acids is 1. The lowest BCUT2D eigenvalue weighted by Crippen LogP contribution is -2.48. The third kappa shape index (κ3) is 4.11. The van der Waals surface area contributed by atoms with Crippen LogP contribution in [-0.4, -0.2) is 51.5 Å². The summed E-state index contributed by atoms with van der Waals surface area (Å²) in [5, 5.41) is 11.4. The number of amides is 1. The Labute approximate surface area is 156 Å². The summed E-state index contributed by atoms with van der Waals surface area (Å²) in [6.45, 7) is 3.31. The molecule has 6 heteroatoms. The van der Waals surface area contributed by atoms with Gasteiger partial charge < -0.3 is 10.2 Å². The maximum Gasteiger partial charge on any atom is 0.273 e. The van der Waals surface area contributed by atoms with E-state index < -0.39 is 0 Å². The molecule has 0 spiro atoms. The van der Waals surface area contributed by atoms with E-state index in [-0.39, 0.29) is 5.91 Å². The average molecular weight is 360 g/mol. The fourth-order valence-corrected chi connectivity index (χ4v) is 5.28. The molecule has 0 unspecified atom stereocenters. The number of hydrogen-bond acceptors (Lipinski definition) is 4. The monoisotopic (exact) mass is 359 g/mol. The minimum atomic E-state index is -0.0663. The lowest BCUT2D eigenvalue weighted by atomic mass is 9.82. The minimum absolute atomic E-state index is 0.0663. The maximum absolute atomic E-state index is 12.4. The molecule has 6 nitrogen and oxygen atoms in total. The predicted octanol–water partition coefficient (Wildman–Crippen LogP) is 3.17. The predicted molar refractivity (Wildman–Crippen MR) is 101 cm³/mol. The van der Waals surface area contributed by atoms with Gasteiger partial charge in [0.1, 0.15) is 0 Å². The molecular formula is C20H33N5O. The Balaban J connectivity index is 1.25. The van der Waals surface area contributed by atoms with Crippen LogP contribution < -0.4 is 5.32 Å². The van der Waals surface area contributed by atoms with Crippen LogP contribution in [0.1, 0.15) is 87.2 Å². The Morgan fingerprint density at radius 2 is 1.85 bits per heavy atom. The molecule has 1 aromatic heterocycles. The standard InChI is InChI=1S/C20H33N5O/c26-20(18-15-25(23-22-18)17-8-2-1-3-9-17)21-12-11-16-7-6-14-24-13-5-4-10-19(16)24/h15-17,19H,1-14H2,(H,21,26)/t16-,19+/m0/s1. The van der Waals surface area contributed by atoms with Gasteiger partial charge in [-0.05, 0) is 64.0 Å². The summed E-state index contributed by atoms with van der Waals surface area (Å²) < 4.78 is 1.91. The molecule has 4 rings (SSSR count). The molecule has 2 saturated heterocycles. The summed E-state index contributed by atoms with van der Waals surface area (Å²) in [5.74, 6) is 0.672. The molecule has 2 aliphatic heterocycles. The molecule has 0 bridgehead atoms. The Morgan fingerprint density at radius 1 is 1.04 bits per heavy atom. The molecule has 2 atom stereocenters. The highest BCUT2D eigenvalue weighted by molar-refractivity contribution is 5.91. The molecule has 3 aliphatic rings. The lowest BCUT2D eigenvalue weighted by molar-refractivity contribution is 0.0554. The minimum Gasteiger partial charge on any atom is -0.351 e. The van der Waals surface area contributed by atoms with Crippen LogP contribution in [0.2, 0.25) is 0 Å². The molecule has 144 valence electrons. The average Bonchev–Trinajstić information content (AvgIpc) is 3.19. The van der Waals surface area contributed by atoms with Crippen molar-refractivity contribution in [3.63, 3.8) is 0 Å². The van der Waals surface area contributed by atoms with Gasteiger partial charge in [-0.25, -0.2) is 4.68 Å². The highest BCUT2D eigenvalue weighted by atomic mass is 16.2. The largest absolute Gasteiger partial charge is 0.351 e. The first-order valence-electron chi connectivity index (χ1n) is 10.8. The number of piperidine rings is 2. The van der Waals surface area contributed by atoms with Gasteiger partial charge in [0.2, 0.25) is 0 Å². The van der Waals surface area contributed by atoms with Crippen molar-refractivity contribution in [1.29, 1.82) is 0 Å². The molecule has 3 heterocycles. The number of carbonyl (C=O) groups is 1. The number of rotatable bonds is 5. The zero-order valence-corrected chi connectivity index (χ0v) is 15.9. The van der Waals surface area contributed by atoms with Crippen molar-refractivity contribution in [1.82, 2.24) is 25.2 Å². The highest BCUT2D eigenvalue weighted by Crippen LogP contribution is 2.32. The third-order valence-electron chi connectivity index (χ3n) is 6.72. The Morgan fingerprint density at radius 3 is 2.73 bits per heavy atom. The Hall–Kier alpha value is -1.43. The summed E-state index contributed by atoms with van der Waals surface area (Å²) in [6.07, 6.45) is 15.8. The first-order valence-corrected chi connectivity index (χ1v) is 10.8. The first-order chi connectivity index (χ1) is 12.8. The second-order valence-corrected chi connectivity index (χ2v) is 8.42. The van der Waals surface area contributed by atoms with Crippen LogP contribution in [0.3, 0.4) is 0 Å². The van der Waals surface area contributed by atoms with Gasteiger partial charge in [0.15, 0.2) is 5.69 Å². The fourth-order valence-electron chi connectivity index (χ4n) is 5.28. The molecule has 1 aromatic rings. The van der Waals surface area contributed by atoms with Gasteiger partial charge >= 0.3 is 0 Å². The summed E-state index contributed by atoms with van der Waals surface area (Å²) >= 11 is 0. The maximum atomic E-state index is 12.4. The van der Waals surface area contributed by atoms with Gasteiger partial charge in [0, 0.05) is 12.6 Å². The second-order valence-electron chi connectivity index (χ2n) is 8.42. The van der Waals surface area contributed by atoms with E-state index in [1.807, 2.05) is 10.9 Å². The zero-order chi connectivity index (χ0) is 17.8. The van der Waals surface area contributed by atoms with Crippen LogP contribution in [0, 0.1) is 5.92 Å². The van der Waals surface area contributed by atoms with Crippen molar-refractivity contribution in [3.8, 4) is 0 Å². The quantitative estimate of drug-likeness (QED) is 0.877. The van der Waals surface area contributed by atoms with E-state index >= 15 is 0 Å². The highest BCUT2D eigenvalue weighted by Gasteiger charge is 2.32. The number of nitrogens with one attached hydrogen (secondary N) is 1. The van der Waals surface area contributed by atoms with Crippen molar-refractivity contribution >= 4 is 5.91 Å². The third-order valence-corrected chi connectivity index (χ3v) is 6.72. The van der Waals surface area contributed by atoms with Crippen molar-refractivity contribution in [2.75, 3.05) is 19.6 Å². The van der Waals surface area contributed by atoms with E-state index in [2.05, 4.69) is 20.5 Å². The summed E-state index contributed by atoms with van der Waals surface area (Å²) in [7, 11) is 0. The molecule has 1 aliphatic carbocycles. The first kappa shape index (κ1) is 18.0. The van der Waals surface area contributed by atoms with E-state index in [0.29, 0.717) is 11.7 Å². The Bertz CT molecular complexity index is 593. The second kappa shape index (κ2) is 8.51. The van der Waals surface area contributed by atoms with Gasteiger partial charge in [0.25, 0.3) is 5.91 Å². The van der Waals surface area contributed by atoms with Crippen LogP contribution in [0.5, 0.6) is 0 Å². The lowest BCUT2D eigenvalue weighted by Gasteiger charge is -2.44. The smallest absolute Gasteiger partial charge is 0.273 e. The van der Waals surface area contributed by atoms with E-state index in [1.165, 1.54) is 64.5 Å². The topological polar surface area (TPSA) is 63.1 Å². The van der Waals surface area contributed by atoms with E-state index in [1.54, 1.807) is 0 Å². The van der Waals surface area contributed by atoms with Gasteiger partial charge in [-0.2, -0.15) is 0 Å². The molecule has 0 radical (unpaired) electrons. The molecule has 1 N–H and O–H groups in total.